The molecule has 2 rings (SSSR count). The van der Waals surface area contributed by atoms with Crippen LogP contribution in [-0.4, -0.2) is 41.1 Å². The molecule has 5 heteroatoms. The fraction of sp³-hybridized carbons (Fsp3) is 0.769. The Hall–Kier alpha value is -0.390. The van der Waals surface area contributed by atoms with Gasteiger partial charge in [-0.25, -0.2) is 4.98 Å². The highest BCUT2D eigenvalue weighted by atomic mass is 79.9. The second-order valence-electron chi connectivity index (χ2n) is 5.06. The number of piperidine rings is 1. The Kier molecular flexibility index (Phi) is 4.81. The minimum Gasteiger partial charge on any atom is -0.326 e. The molecule has 0 radical (unpaired) electrons. The molecule has 0 saturated carbocycles. The average molecular weight is 315 g/mol. The van der Waals surface area contributed by atoms with Gasteiger partial charge in [0.1, 0.15) is 10.4 Å². The molecular formula is C13H23BrN4. The lowest BCUT2D eigenvalue weighted by Gasteiger charge is -2.33. The van der Waals surface area contributed by atoms with Crippen LogP contribution >= 0.6 is 15.9 Å². The molecule has 18 heavy (non-hydrogen) atoms. The molecule has 1 fully saturated rings. The molecule has 0 bridgehead atoms. The minimum atomic E-state index is 0.379. The summed E-state index contributed by atoms with van der Waals surface area (Å²) in [6.07, 6.45) is 3.98. The van der Waals surface area contributed by atoms with Crippen molar-refractivity contribution in [3.63, 3.8) is 0 Å². The minimum absolute atomic E-state index is 0.379. The van der Waals surface area contributed by atoms with E-state index in [-0.39, 0.29) is 0 Å². The van der Waals surface area contributed by atoms with Gasteiger partial charge in [-0.1, -0.05) is 6.42 Å². The Morgan fingerprint density at radius 3 is 2.50 bits per heavy atom. The summed E-state index contributed by atoms with van der Waals surface area (Å²) in [5.41, 5.74) is 1.17. The van der Waals surface area contributed by atoms with Crippen LogP contribution in [0.25, 0.3) is 0 Å². The second kappa shape index (κ2) is 6.17. The zero-order valence-electron chi connectivity index (χ0n) is 11.5. The molecule has 0 amide bonds. The summed E-state index contributed by atoms with van der Waals surface area (Å²) < 4.78 is 3.23. The number of imidazole rings is 1. The molecular weight excluding hydrogens is 292 g/mol. The van der Waals surface area contributed by atoms with Crippen molar-refractivity contribution in [2.45, 2.75) is 32.2 Å². The number of halogens is 1. The first-order valence-electron chi connectivity index (χ1n) is 6.72. The molecule has 4 nitrogen and oxygen atoms in total. The molecule has 1 atom stereocenters. The van der Waals surface area contributed by atoms with Crippen molar-refractivity contribution in [1.82, 2.24) is 19.8 Å². The summed E-state index contributed by atoms with van der Waals surface area (Å²) in [5, 5.41) is 3.31. The lowest BCUT2D eigenvalue weighted by Crippen LogP contribution is -2.38. The molecule has 1 saturated heterocycles. The third-order valence-electron chi connectivity index (χ3n) is 3.82. The van der Waals surface area contributed by atoms with Gasteiger partial charge in [0.25, 0.3) is 0 Å². The molecule has 0 aliphatic carbocycles. The number of aryl methyl sites for hydroxylation is 1. The predicted molar refractivity (Wildman–Crippen MR) is 77.7 cm³/mol. The van der Waals surface area contributed by atoms with Crippen LogP contribution in [0, 0.1) is 6.92 Å². The standard InChI is InChI=1S/C13H23BrN4/c1-10-16-12(13(14)17(10)3)11(9-15-2)18-7-5-4-6-8-18/h11,15H,4-9H2,1-3H3. The first-order chi connectivity index (χ1) is 8.65. The van der Waals surface area contributed by atoms with Crippen molar-refractivity contribution in [3.8, 4) is 0 Å². The smallest absolute Gasteiger partial charge is 0.109 e. The molecule has 1 aromatic heterocycles. The van der Waals surface area contributed by atoms with E-state index in [9.17, 15) is 0 Å². The molecule has 0 aromatic carbocycles. The molecule has 1 unspecified atom stereocenters. The fourth-order valence-electron chi connectivity index (χ4n) is 2.64. The van der Waals surface area contributed by atoms with Crippen LogP contribution in [0.5, 0.6) is 0 Å². The van der Waals surface area contributed by atoms with Crippen LogP contribution in [0.2, 0.25) is 0 Å². The van der Waals surface area contributed by atoms with Gasteiger partial charge in [-0.15, -0.1) is 0 Å². The lowest BCUT2D eigenvalue weighted by atomic mass is 10.1. The van der Waals surface area contributed by atoms with Crippen LogP contribution < -0.4 is 5.32 Å². The van der Waals surface area contributed by atoms with Crippen molar-refractivity contribution in [3.05, 3.63) is 16.1 Å². The molecule has 1 aromatic rings. The third kappa shape index (κ3) is 2.78. The number of hydrogen-bond donors (Lipinski definition) is 1. The van der Waals surface area contributed by atoms with Gasteiger partial charge >= 0.3 is 0 Å². The average Bonchev–Trinajstić information content (AvgIpc) is 2.65. The van der Waals surface area contributed by atoms with Gasteiger partial charge in [-0.05, 0) is 55.8 Å². The van der Waals surface area contributed by atoms with E-state index in [1.54, 1.807) is 0 Å². The first-order valence-corrected chi connectivity index (χ1v) is 7.51. The monoisotopic (exact) mass is 314 g/mol. The molecule has 1 aliphatic rings. The second-order valence-corrected chi connectivity index (χ2v) is 5.82. The normalized spacial score (nSPS) is 19.1. The van der Waals surface area contributed by atoms with Crippen LogP contribution in [0.15, 0.2) is 4.60 Å². The number of likely N-dealkylation sites (tertiary alicyclic amines) is 1. The summed E-state index contributed by atoms with van der Waals surface area (Å²) in [6.45, 7) is 5.39. The highest BCUT2D eigenvalue weighted by Crippen LogP contribution is 2.29. The highest BCUT2D eigenvalue weighted by Gasteiger charge is 2.26. The summed E-state index contributed by atoms with van der Waals surface area (Å²) in [6, 6.07) is 0.379. The number of nitrogens with one attached hydrogen (secondary N) is 1. The number of nitrogens with zero attached hydrogens (tertiary/aromatic N) is 3. The van der Waals surface area contributed by atoms with Crippen LogP contribution in [0.1, 0.15) is 36.8 Å². The maximum absolute atomic E-state index is 4.74. The van der Waals surface area contributed by atoms with E-state index in [2.05, 4.69) is 44.7 Å². The van der Waals surface area contributed by atoms with Gasteiger partial charge in [-0.2, -0.15) is 0 Å². The molecule has 2 heterocycles. The van der Waals surface area contributed by atoms with Gasteiger partial charge in [0.15, 0.2) is 0 Å². The largest absolute Gasteiger partial charge is 0.326 e. The van der Waals surface area contributed by atoms with Gasteiger partial charge in [0.05, 0.1) is 11.7 Å². The Labute approximate surface area is 118 Å². The number of hydrogen-bond acceptors (Lipinski definition) is 3. The van der Waals surface area contributed by atoms with Gasteiger partial charge in [0, 0.05) is 13.6 Å². The van der Waals surface area contributed by atoms with E-state index in [0.717, 1.165) is 17.0 Å². The van der Waals surface area contributed by atoms with Crippen molar-refractivity contribution < 1.29 is 0 Å². The van der Waals surface area contributed by atoms with E-state index >= 15 is 0 Å². The van der Waals surface area contributed by atoms with E-state index in [1.165, 1.54) is 38.0 Å². The van der Waals surface area contributed by atoms with E-state index in [0.29, 0.717) is 6.04 Å². The van der Waals surface area contributed by atoms with Crippen molar-refractivity contribution in [1.29, 1.82) is 0 Å². The zero-order chi connectivity index (χ0) is 13.1. The first kappa shape index (κ1) is 14.0. The Morgan fingerprint density at radius 2 is 2.00 bits per heavy atom. The van der Waals surface area contributed by atoms with E-state index < -0.39 is 0 Å². The summed E-state index contributed by atoms with van der Waals surface area (Å²) in [5.74, 6) is 1.06. The fourth-order valence-corrected chi connectivity index (χ4v) is 3.25. The molecule has 1 aliphatic heterocycles. The molecule has 1 N–H and O–H groups in total. The van der Waals surface area contributed by atoms with E-state index in [4.69, 9.17) is 4.98 Å². The van der Waals surface area contributed by atoms with Crippen LogP contribution in [0.3, 0.4) is 0 Å². The summed E-state index contributed by atoms with van der Waals surface area (Å²) >= 11 is 3.68. The van der Waals surface area contributed by atoms with Gasteiger partial charge < -0.3 is 9.88 Å². The van der Waals surface area contributed by atoms with Gasteiger partial charge in [-0.3, -0.25) is 4.90 Å². The third-order valence-corrected chi connectivity index (χ3v) is 4.76. The zero-order valence-corrected chi connectivity index (χ0v) is 13.1. The Bertz CT molecular complexity index is 396. The SMILES string of the molecule is CNCC(c1nc(C)n(C)c1Br)N1CCCCC1. The van der Waals surface area contributed by atoms with Crippen LogP contribution in [0.4, 0.5) is 0 Å². The maximum Gasteiger partial charge on any atom is 0.109 e. The maximum atomic E-state index is 4.74. The summed E-state index contributed by atoms with van der Waals surface area (Å²) in [4.78, 5) is 7.30. The predicted octanol–water partition coefficient (Wildman–Crippen LogP) is 2.24. The number of likely N-dealkylation sites (N-methyl/N-ethyl adjacent to an activating group) is 1. The van der Waals surface area contributed by atoms with Crippen molar-refractivity contribution in [2.24, 2.45) is 7.05 Å². The van der Waals surface area contributed by atoms with E-state index in [1.807, 2.05) is 7.05 Å². The quantitative estimate of drug-likeness (QED) is 0.925. The topological polar surface area (TPSA) is 33.1 Å². The Balaban J connectivity index is 2.25. The van der Waals surface area contributed by atoms with Crippen LogP contribution in [-0.2, 0) is 7.05 Å². The number of rotatable bonds is 4. The van der Waals surface area contributed by atoms with Gasteiger partial charge in [0.2, 0.25) is 0 Å². The number of aromatic nitrogens is 2. The Morgan fingerprint density at radius 1 is 1.33 bits per heavy atom. The lowest BCUT2D eigenvalue weighted by molar-refractivity contribution is 0.159. The highest BCUT2D eigenvalue weighted by molar-refractivity contribution is 9.10. The molecule has 0 spiro atoms. The summed E-state index contributed by atoms with van der Waals surface area (Å²) in [7, 11) is 4.07. The van der Waals surface area contributed by atoms with Crippen molar-refractivity contribution >= 4 is 15.9 Å². The van der Waals surface area contributed by atoms with Crippen molar-refractivity contribution in [2.75, 3.05) is 26.7 Å². The molecule has 102 valence electrons.